The van der Waals surface area contributed by atoms with Gasteiger partial charge in [-0.1, -0.05) is 23.5 Å². The van der Waals surface area contributed by atoms with E-state index >= 15 is 0 Å². The summed E-state index contributed by atoms with van der Waals surface area (Å²) < 4.78 is 0. The molecular weight excluding hydrogens is 252 g/mol. The third-order valence-corrected chi connectivity index (χ3v) is 3.58. The molecule has 106 valence electrons. The van der Waals surface area contributed by atoms with Crippen LogP contribution in [-0.2, 0) is 0 Å². The number of hydrogen-bond donors (Lipinski definition) is 2. The maximum Gasteiger partial charge on any atom is 0.255 e. The Bertz CT molecular complexity index is 557. The van der Waals surface area contributed by atoms with Crippen LogP contribution in [0.5, 0.6) is 0 Å². The van der Waals surface area contributed by atoms with E-state index in [-0.39, 0.29) is 25.1 Å². The maximum absolute atomic E-state index is 12.7. The van der Waals surface area contributed by atoms with E-state index in [0.717, 1.165) is 18.4 Å². The Hall–Kier alpha value is -1.83. The minimum Gasteiger partial charge on any atom is -0.394 e. The molecule has 1 saturated heterocycles. The molecule has 1 aliphatic heterocycles. The first kappa shape index (κ1) is 14.6. The zero-order valence-electron chi connectivity index (χ0n) is 11.7. The van der Waals surface area contributed by atoms with Gasteiger partial charge in [0.2, 0.25) is 0 Å². The number of carbonyl (C=O) groups excluding carboxylic acids is 1. The van der Waals surface area contributed by atoms with Crippen molar-refractivity contribution < 1.29 is 9.90 Å². The highest BCUT2D eigenvalue weighted by Crippen LogP contribution is 2.22. The molecule has 2 rings (SSSR count). The van der Waals surface area contributed by atoms with Crippen molar-refractivity contribution >= 4 is 5.91 Å². The third-order valence-electron chi connectivity index (χ3n) is 3.58. The predicted molar refractivity (Wildman–Crippen MR) is 78.3 cm³/mol. The number of likely N-dealkylation sites (tertiary alicyclic amines) is 1. The first-order valence-electron chi connectivity index (χ1n) is 6.88. The van der Waals surface area contributed by atoms with Gasteiger partial charge < -0.3 is 15.7 Å². The average molecular weight is 272 g/mol. The standard InChI is InChI=1S/C16H20N2O2/c1-12-6-7-13(4-2-8-17)15(10-12)16(20)18-9-3-5-14(18)11-19/h6-7,10,14,19H,3,5,8-9,11,17H2,1H3. The molecule has 1 fully saturated rings. The number of nitrogens with zero attached hydrogens (tertiary/aromatic N) is 1. The van der Waals surface area contributed by atoms with E-state index in [1.807, 2.05) is 25.1 Å². The largest absolute Gasteiger partial charge is 0.394 e. The number of rotatable bonds is 2. The number of nitrogens with two attached hydrogens (primary N) is 1. The van der Waals surface area contributed by atoms with Crippen molar-refractivity contribution in [2.24, 2.45) is 5.73 Å². The number of amides is 1. The van der Waals surface area contributed by atoms with E-state index in [9.17, 15) is 9.90 Å². The van der Waals surface area contributed by atoms with Crippen LogP contribution in [0.4, 0.5) is 0 Å². The lowest BCUT2D eigenvalue weighted by Crippen LogP contribution is -2.38. The maximum atomic E-state index is 12.7. The molecule has 0 aromatic heterocycles. The zero-order chi connectivity index (χ0) is 14.5. The molecule has 4 heteroatoms. The van der Waals surface area contributed by atoms with Gasteiger partial charge in [-0.3, -0.25) is 4.79 Å². The molecule has 0 radical (unpaired) electrons. The summed E-state index contributed by atoms with van der Waals surface area (Å²) >= 11 is 0. The lowest BCUT2D eigenvalue weighted by molar-refractivity contribution is 0.0677. The third kappa shape index (κ3) is 3.01. The van der Waals surface area contributed by atoms with Gasteiger partial charge in [0.1, 0.15) is 0 Å². The van der Waals surface area contributed by atoms with Gasteiger partial charge in [0.15, 0.2) is 0 Å². The normalized spacial score (nSPS) is 17.8. The molecule has 0 saturated carbocycles. The van der Waals surface area contributed by atoms with E-state index < -0.39 is 0 Å². The van der Waals surface area contributed by atoms with Crippen LogP contribution in [0.1, 0.15) is 34.3 Å². The van der Waals surface area contributed by atoms with E-state index in [1.54, 1.807) is 4.90 Å². The highest BCUT2D eigenvalue weighted by Gasteiger charge is 2.29. The number of benzene rings is 1. The molecule has 4 nitrogen and oxygen atoms in total. The molecule has 3 N–H and O–H groups in total. The molecule has 1 heterocycles. The van der Waals surface area contributed by atoms with Gasteiger partial charge in [0.05, 0.1) is 24.8 Å². The summed E-state index contributed by atoms with van der Waals surface area (Å²) in [6, 6.07) is 5.58. The number of carbonyl (C=O) groups is 1. The van der Waals surface area contributed by atoms with Crippen LogP contribution in [0, 0.1) is 18.8 Å². The summed E-state index contributed by atoms with van der Waals surface area (Å²) in [6.45, 7) is 2.93. The zero-order valence-corrected chi connectivity index (χ0v) is 11.7. The molecule has 0 aliphatic carbocycles. The van der Waals surface area contributed by atoms with Crippen LogP contribution in [0.25, 0.3) is 0 Å². The Morgan fingerprint density at radius 3 is 3.05 bits per heavy atom. The van der Waals surface area contributed by atoms with Gasteiger partial charge >= 0.3 is 0 Å². The average Bonchev–Trinajstić information content (AvgIpc) is 2.93. The molecule has 1 unspecified atom stereocenters. The van der Waals surface area contributed by atoms with Crippen molar-refractivity contribution in [3.63, 3.8) is 0 Å². The monoisotopic (exact) mass is 272 g/mol. The van der Waals surface area contributed by atoms with Gasteiger partial charge in [-0.2, -0.15) is 0 Å². The smallest absolute Gasteiger partial charge is 0.255 e. The topological polar surface area (TPSA) is 66.6 Å². The Balaban J connectivity index is 2.35. The molecular formula is C16H20N2O2. The minimum atomic E-state index is -0.0710. The van der Waals surface area contributed by atoms with Gasteiger partial charge in [0.25, 0.3) is 5.91 Å². The van der Waals surface area contributed by atoms with Gasteiger partial charge in [-0.05, 0) is 31.9 Å². The highest BCUT2D eigenvalue weighted by atomic mass is 16.3. The van der Waals surface area contributed by atoms with Gasteiger partial charge in [-0.15, -0.1) is 0 Å². The van der Waals surface area contributed by atoms with Crippen molar-refractivity contribution in [2.75, 3.05) is 19.7 Å². The Morgan fingerprint density at radius 2 is 2.35 bits per heavy atom. The van der Waals surface area contributed by atoms with Crippen molar-refractivity contribution in [3.05, 3.63) is 34.9 Å². The summed E-state index contributed by atoms with van der Waals surface area (Å²) in [6.07, 6.45) is 1.80. The van der Waals surface area contributed by atoms with Crippen LogP contribution in [0.3, 0.4) is 0 Å². The summed E-state index contributed by atoms with van der Waals surface area (Å²) in [4.78, 5) is 14.4. The van der Waals surface area contributed by atoms with Crippen LogP contribution in [-0.4, -0.2) is 41.7 Å². The van der Waals surface area contributed by atoms with E-state index in [4.69, 9.17) is 5.73 Å². The van der Waals surface area contributed by atoms with Crippen LogP contribution >= 0.6 is 0 Å². The Kier molecular flexibility index (Phi) is 4.78. The summed E-state index contributed by atoms with van der Waals surface area (Å²) in [5.74, 6) is 5.70. The van der Waals surface area contributed by atoms with Gasteiger partial charge in [0, 0.05) is 12.1 Å². The molecule has 0 bridgehead atoms. The Morgan fingerprint density at radius 1 is 1.55 bits per heavy atom. The fourth-order valence-electron chi connectivity index (χ4n) is 2.54. The van der Waals surface area contributed by atoms with Crippen molar-refractivity contribution in [1.82, 2.24) is 4.90 Å². The quantitative estimate of drug-likeness (QED) is 0.786. The van der Waals surface area contributed by atoms with Crippen LogP contribution < -0.4 is 5.73 Å². The molecule has 1 aliphatic rings. The van der Waals surface area contributed by atoms with E-state index in [1.165, 1.54) is 0 Å². The molecule has 20 heavy (non-hydrogen) atoms. The van der Waals surface area contributed by atoms with Crippen molar-refractivity contribution in [3.8, 4) is 11.8 Å². The summed E-state index contributed by atoms with van der Waals surface area (Å²) in [5, 5.41) is 9.36. The fraction of sp³-hybridized carbons (Fsp3) is 0.438. The minimum absolute atomic E-state index is 0.0152. The van der Waals surface area contributed by atoms with Gasteiger partial charge in [-0.25, -0.2) is 0 Å². The Labute approximate surface area is 119 Å². The number of aryl methyl sites for hydroxylation is 1. The van der Waals surface area contributed by atoms with Crippen LogP contribution in [0.15, 0.2) is 18.2 Å². The molecule has 1 amide bonds. The molecule has 0 spiro atoms. The number of aliphatic hydroxyl groups excluding tert-OH is 1. The fourth-order valence-corrected chi connectivity index (χ4v) is 2.54. The summed E-state index contributed by atoms with van der Waals surface area (Å²) in [5.41, 5.74) is 7.72. The number of aliphatic hydroxyl groups is 1. The molecule has 1 atom stereocenters. The van der Waals surface area contributed by atoms with Crippen LogP contribution in [0.2, 0.25) is 0 Å². The van der Waals surface area contributed by atoms with Crippen molar-refractivity contribution in [1.29, 1.82) is 0 Å². The summed E-state index contributed by atoms with van der Waals surface area (Å²) in [7, 11) is 0. The number of hydrogen-bond acceptors (Lipinski definition) is 3. The highest BCUT2D eigenvalue weighted by molar-refractivity contribution is 5.97. The second kappa shape index (κ2) is 6.56. The predicted octanol–water partition coefficient (Wildman–Crippen LogP) is 0.902. The van der Waals surface area contributed by atoms with Crippen molar-refractivity contribution in [2.45, 2.75) is 25.8 Å². The molecule has 1 aromatic rings. The first-order valence-corrected chi connectivity index (χ1v) is 6.88. The van der Waals surface area contributed by atoms with E-state index in [0.29, 0.717) is 17.7 Å². The lowest BCUT2D eigenvalue weighted by atomic mass is 10.0. The van der Waals surface area contributed by atoms with E-state index in [2.05, 4.69) is 11.8 Å². The SMILES string of the molecule is Cc1ccc(C#CCN)c(C(=O)N2CCCC2CO)c1. The first-order chi connectivity index (χ1) is 9.67. The lowest BCUT2D eigenvalue weighted by Gasteiger charge is -2.23. The second-order valence-electron chi connectivity index (χ2n) is 5.03. The molecule has 1 aromatic carbocycles. The second-order valence-corrected chi connectivity index (χ2v) is 5.03.